The first kappa shape index (κ1) is 17.3. The first-order valence-corrected chi connectivity index (χ1v) is 8.27. The monoisotopic (exact) mass is 373 g/mol. The Morgan fingerprint density at radius 2 is 1.41 bits per heavy atom. The number of fused-ring (bicyclic) bond motifs is 1. The topological polar surface area (TPSA) is 33.6 Å². The minimum atomic E-state index is -1.44. The zero-order valence-electron chi connectivity index (χ0n) is 14.8. The van der Waals surface area contributed by atoms with Crippen molar-refractivity contribution in [2.75, 3.05) is 0 Å². The highest BCUT2D eigenvalue weighted by molar-refractivity contribution is 5.82. The molecule has 0 saturated carbocycles. The molecule has 4 rings (SSSR count). The molecule has 0 spiro atoms. The number of nitrogens with one attached hydrogen (secondary N) is 1. The maximum Gasteiger partial charge on any atom is 0.186 e. The van der Waals surface area contributed by atoms with Crippen LogP contribution in [-0.2, 0) is 0 Å². The van der Waals surface area contributed by atoms with E-state index in [1.807, 2.05) is 0 Å². The number of halogens is 4. The molecule has 0 fully saturated rings. The lowest BCUT2D eigenvalue weighted by molar-refractivity contribution is 0.451. The second-order valence-corrected chi connectivity index (χ2v) is 6.49. The van der Waals surface area contributed by atoms with Crippen molar-refractivity contribution in [1.29, 1.82) is 0 Å². The van der Waals surface area contributed by atoms with Crippen LogP contribution in [0.4, 0.5) is 17.6 Å². The van der Waals surface area contributed by atoms with Crippen molar-refractivity contribution in [2.24, 2.45) is 0 Å². The van der Waals surface area contributed by atoms with E-state index in [1.54, 1.807) is 32.9 Å². The number of aromatic amines is 1. The minimum absolute atomic E-state index is 0.0199. The number of H-pyrrole nitrogens is 1. The third-order valence-corrected chi connectivity index (χ3v) is 4.62. The van der Waals surface area contributed by atoms with E-state index in [2.05, 4.69) is 9.97 Å². The molecular formula is C20H15F4N3. The van der Waals surface area contributed by atoms with Gasteiger partial charge in [-0.05, 0) is 50.6 Å². The Morgan fingerprint density at radius 1 is 0.815 bits per heavy atom. The number of aromatic nitrogens is 3. The fraction of sp³-hybridized carbons (Fsp3) is 0.150. The van der Waals surface area contributed by atoms with Gasteiger partial charge in [0, 0.05) is 11.4 Å². The molecule has 4 aromatic rings. The quantitative estimate of drug-likeness (QED) is 0.365. The van der Waals surface area contributed by atoms with Crippen molar-refractivity contribution in [2.45, 2.75) is 20.8 Å². The van der Waals surface area contributed by atoms with E-state index in [0.29, 0.717) is 28.2 Å². The summed E-state index contributed by atoms with van der Waals surface area (Å²) >= 11 is 0. The summed E-state index contributed by atoms with van der Waals surface area (Å²) in [5.41, 5.74) is 0.556. The smallest absolute Gasteiger partial charge is 0.186 e. The van der Waals surface area contributed by atoms with Crippen LogP contribution < -0.4 is 0 Å². The van der Waals surface area contributed by atoms with Gasteiger partial charge in [0.1, 0.15) is 11.5 Å². The van der Waals surface area contributed by atoms with Gasteiger partial charge in [0.15, 0.2) is 23.3 Å². The molecule has 27 heavy (non-hydrogen) atoms. The summed E-state index contributed by atoms with van der Waals surface area (Å²) < 4.78 is 60.4. The lowest BCUT2D eigenvalue weighted by atomic mass is 10.0. The summed E-state index contributed by atoms with van der Waals surface area (Å²) in [6.45, 7) is 4.94. The van der Waals surface area contributed by atoms with Crippen LogP contribution >= 0.6 is 0 Å². The van der Waals surface area contributed by atoms with E-state index in [-0.39, 0.29) is 5.56 Å². The van der Waals surface area contributed by atoms with E-state index >= 15 is 0 Å². The molecule has 138 valence electrons. The Kier molecular flexibility index (Phi) is 3.83. The lowest BCUT2D eigenvalue weighted by Gasteiger charge is -2.16. The van der Waals surface area contributed by atoms with Gasteiger partial charge in [-0.2, -0.15) is 0 Å². The molecule has 0 aliphatic rings. The number of nitrogens with zero attached hydrogens (tertiary/aromatic N) is 2. The first-order valence-electron chi connectivity index (χ1n) is 8.27. The third kappa shape index (κ3) is 2.53. The summed E-state index contributed by atoms with van der Waals surface area (Å²) in [7, 11) is 0. The Morgan fingerprint density at radius 3 is 2.00 bits per heavy atom. The SMILES string of the molecule is Cc1nc2ccc(-c3c(F)c(F)c(-n4c(C)ccc4C)c(F)c3F)cc2[nH]1. The van der Waals surface area contributed by atoms with Crippen LogP contribution in [0.15, 0.2) is 30.3 Å². The minimum Gasteiger partial charge on any atom is -0.342 e. The average molecular weight is 373 g/mol. The van der Waals surface area contributed by atoms with Crippen LogP contribution in [-0.4, -0.2) is 14.5 Å². The van der Waals surface area contributed by atoms with Gasteiger partial charge in [0.05, 0.1) is 16.6 Å². The van der Waals surface area contributed by atoms with Crippen LogP contribution in [0.2, 0.25) is 0 Å². The largest absolute Gasteiger partial charge is 0.342 e. The van der Waals surface area contributed by atoms with Crippen molar-refractivity contribution in [1.82, 2.24) is 14.5 Å². The van der Waals surface area contributed by atoms with Crippen molar-refractivity contribution >= 4 is 11.0 Å². The number of imidazole rings is 1. The van der Waals surface area contributed by atoms with Crippen LogP contribution in [0.5, 0.6) is 0 Å². The van der Waals surface area contributed by atoms with Crippen LogP contribution in [0.25, 0.3) is 27.8 Å². The zero-order chi connectivity index (χ0) is 19.5. The van der Waals surface area contributed by atoms with Gasteiger partial charge in [-0.15, -0.1) is 0 Å². The van der Waals surface area contributed by atoms with Gasteiger partial charge in [-0.3, -0.25) is 0 Å². The standard InChI is InChI=1S/C20H15F4N3/c1-9-4-5-10(2)27(9)20-18(23)16(21)15(17(22)19(20)24)12-6-7-13-14(8-12)26-11(3)25-13/h4-8H,1-3H3,(H,25,26). The summed E-state index contributed by atoms with van der Waals surface area (Å²) in [5.74, 6) is -5.13. The Balaban J connectivity index is 2.00. The maximum absolute atomic E-state index is 14.8. The van der Waals surface area contributed by atoms with Crippen LogP contribution in [0.1, 0.15) is 17.2 Å². The lowest BCUT2D eigenvalue weighted by Crippen LogP contribution is -2.11. The molecule has 0 amide bonds. The number of aryl methyl sites for hydroxylation is 3. The molecule has 0 saturated heterocycles. The summed E-state index contributed by atoms with van der Waals surface area (Å²) in [6, 6.07) is 7.58. The second kappa shape index (κ2) is 5.97. The Hall–Kier alpha value is -3.09. The molecule has 3 nitrogen and oxygen atoms in total. The zero-order valence-corrected chi connectivity index (χ0v) is 14.8. The van der Waals surface area contributed by atoms with E-state index in [4.69, 9.17) is 0 Å². The molecule has 1 N–H and O–H groups in total. The fourth-order valence-corrected chi connectivity index (χ4v) is 3.38. The highest BCUT2D eigenvalue weighted by atomic mass is 19.2. The summed E-state index contributed by atoms with van der Waals surface area (Å²) in [5, 5.41) is 0. The maximum atomic E-state index is 14.8. The second-order valence-electron chi connectivity index (χ2n) is 6.49. The van der Waals surface area contributed by atoms with Crippen molar-refractivity contribution in [3.05, 3.63) is 70.8 Å². The summed E-state index contributed by atoms with van der Waals surface area (Å²) in [4.78, 5) is 7.14. The number of rotatable bonds is 2. The van der Waals surface area contributed by atoms with Crippen molar-refractivity contribution < 1.29 is 17.6 Å². The first-order chi connectivity index (χ1) is 12.8. The van der Waals surface area contributed by atoms with E-state index in [0.717, 1.165) is 4.57 Å². The van der Waals surface area contributed by atoms with Crippen molar-refractivity contribution in [3.8, 4) is 16.8 Å². The van der Waals surface area contributed by atoms with E-state index in [9.17, 15) is 17.6 Å². The highest BCUT2D eigenvalue weighted by Crippen LogP contribution is 2.35. The summed E-state index contributed by atoms with van der Waals surface area (Å²) in [6.07, 6.45) is 0. The van der Waals surface area contributed by atoms with Gasteiger partial charge in [0.25, 0.3) is 0 Å². The molecule has 2 heterocycles. The van der Waals surface area contributed by atoms with Crippen LogP contribution in [0, 0.1) is 44.0 Å². The van der Waals surface area contributed by atoms with Crippen molar-refractivity contribution in [3.63, 3.8) is 0 Å². The number of hydrogen-bond donors (Lipinski definition) is 1. The molecule has 0 unspecified atom stereocenters. The Bertz CT molecular complexity index is 1160. The highest BCUT2D eigenvalue weighted by Gasteiger charge is 2.28. The van der Waals surface area contributed by atoms with Gasteiger partial charge in [-0.25, -0.2) is 22.5 Å². The molecule has 0 bridgehead atoms. The number of hydrogen-bond acceptors (Lipinski definition) is 1. The third-order valence-electron chi connectivity index (χ3n) is 4.62. The normalized spacial score (nSPS) is 11.5. The molecule has 2 aromatic carbocycles. The molecule has 2 aromatic heterocycles. The molecule has 0 radical (unpaired) electrons. The number of benzene rings is 2. The molecular weight excluding hydrogens is 358 g/mol. The van der Waals surface area contributed by atoms with Gasteiger partial charge >= 0.3 is 0 Å². The predicted octanol–water partition coefficient (Wildman–Crippen LogP) is 5.50. The molecule has 7 heteroatoms. The molecule has 0 aliphatic carbocycles. The predicted molar refractivity (Wildman–Crippen MR) is 94.9 cm³/mol. The van der Waals surface area contributed by atoms with E-state index < -0.39 is 34.5 Å². The van der Waals surface area contributed by atoms with Gasteiger partial charge < -0.3 is 9.55 Å². The van der Waals surface area contributed by atoms with Gasteiger partial charge in [-0.1, -0.05) is 6.07 Å². The van der Waals surface area contributed by atoms with E-state index in [1.165, 1.54) is 18.2 Å². The molecule has 0 atom stereocenters. The average Bonchev–Trinajstić information content (AvgIpc) is 3.15. The van der Waals surface area contributed by atoms with Gasteiger partial charge in [0.2, 0.25) is 0 Å². The van der Waals surface area contributed by atoms with Crippen LogP contribution in [0.3, 0.4) is 0 Å². The Labute approximate surface area is 152 Å². The molecule has 0 aliphatic heterocycles. The fourth-order valence-electron chi connectivity index (χ4n) is 3.38.